The summed E-state index contributed by atoms with van der Waals surface area (Å²) in [6, 6.07) is 0. The number of halogens is 1. The molecule has 0 heterocycles. The summed E-state index contributed by atoms with van der Waals surface area (Å²) in [6.07, 6.45) is 4.29. The van der Waals surface area contributed by atoms with Gasteiger partial charge in [0.1, 0.15) is 6.61 Å². The van der Waals surface area contributed by atoms with Crippen molar-refractivity contribution in [2.75, 3.05) is 18.1 Å². The fraction of sp³-hybridized carbons (Fsp3) is 0.714. The molecular weight excluding hydrogens is 227 g/mol. The van der Waals surface area contributed by atoms with Gasteiger partial charge in [-0.25, -0.2) is 0 Å². The molecule has 0 radical (unpaired) electrons. The van der Waals surface area contributed by atoms with Crippen LogP contribution in [0, 0.1) is 0 Å². The highest BCUT2D eigenvalue weighted by Gasteiger charge is 2.14. The summed E-state index contributed by atoms with van der Waals surface area (Å²) >= 11 is 3.19. The van der Waals surface area contributed by atoms with Crippen LogP contribution in [0.2, 0.25) is 0 Å². The highest BCUT2D eigenvalue weighted by Crippen LogP contribution is 2.23. The molecule has 0 amide bonds. The highest BCUT2D eigenvalue weighted by molar-refractivity contribution is 9.09. The first kappa shape index (κ1) is 11.3. The third-order valence-corrected chi connectivity index (χ3v) is 2.54. The molecule has 0 aliphatic rings. The second kappa shape index (κ2) is 8.38. The topological polar surface area (TPSA) is 26.3 Å². The van der Waals surface area contributed by atoms with Crippen LogP contribution in [0.1, 0.15) is 12.8 Å². The Morgan fingerprint density at radius 2 is 2.36 bits per heavy atom. The van der Waals surface area contributed by atoms with Gasteiger partial charge in [-0.1, -0.05) is 22.0 Å². The van der Waals surface area contributed by atoms with E-state index in [0.29, 0.717) is 12.8 Å². The molecule has 0 saturated heterocycles. The van der Waals surface area contributed by atoms with Crippen LogP contribution in [-0.2, 0) is 9.09 Å². The minimum absolute atomic E-state index is 0.531. The van der Waals surface area contributed by atoms with Gasteiger partial charge in [0, 0.05) is 5.33 Å². The standard InChI is InChI=1S/C7H13BrO2P/c1-2-3-4-7-11(9)10-6-5-8/h2H,1,3-7H2/q+1. The lowest BCUT2D eigenvalue weighted by Gasteiger charge is -1.86. The van der Waals surface area contributed by atoms with E-state index in [0.717, 1.165) is 18.2 Å². The first-order chi connectivity index (χ1) is 5.31. The van der Waals surface area contributed by atoms with E-state index in [1.165, 1.54) is 0 Å². The molecule has 0 fully saturated rings. The maximum atomic E-state index is 10.9. The van der Waals surface area contributed by atoms with E-state index in [-0.39, 0.29) is 0 Å². The smallest absolute Gasteiger partial charge is 0.145 e. The Balaban J connectivity index is 3.15. The summed E-state index contributed by atoms with van der Waals surface area (Å²) < 4.78 is 15.9. The molecule has 1 unspecified atom stereocenters. The molecule has 0 aliphatic heterocycles. The van der Waals surface area contributed by atoms with Crippen molar-refractivity contribution in [1.82, 2.24) is 0 Å². The Bertz CT molecular complexity index is 128. The molecule has 0 N–H and O–H groups in total. The lowest BCUT2D eigenvalue weighted by atomic mass is 10.3. The molecule has 4 heteroatoms. The largest absolute Gasteiger partial charge is 0.508 e. The molecule has 0 rings (SSSR count). The second-order valence-electron chi connectivity index (χ2n) is 2.01. The normalized spacial score (nSPS) is 11.2. The van der Waals surface area contributed by atoms with Crippen LogP contribution in [-0.4, -0.2) is 18.1 Å². The van der Waals surface area contributed by atoms with Crippen LogP contribution < -0.4 is 0 Å². The molecule has 0 aromatic heterocycles. The molecule has 0 aliphatic carbocycles. The van der Waals surface area contributed by atoms with Crippen LogP contribution in [0.15, 0.2) is 12.7 Å². The molecule has 0 saturated carbocycles. The monoisotopic (exact) mass is 239 g/mol. The van der Waals surface area contributed by atoms with Gasteiger partial charge in [0.2, 0.25) is 0 Å². The number of rotatable bonds is 7. The Hall–Kier alpha value is 0.280. The number of hydrogen-bond donors (Lipinski definition) is 0. The zero-order valence-electron chi connectivity index (χ0n) is 6.46. The van der Waals surface area contributed by atoms with Gasteiger partial charge < -0.3 is 0 Å². The minimum Gasteiger partial charge on any atom is -0.145 e. The van der Waals surface area contributed by atoms with Crippen molar-refractivity contribution in [1.29, 1.82) is 0 Å². The van der Waals surface area contributed by atoms with Crippen LogP contribution in [0.4, 0.5) is 0 Å². The van der Waals surface area contributed by atoms with Crippen LogP contribution in [0.3, 0.4) is 0 Å². The van der Waals surface area contributed by atoms with E-state index in [2.05, 4.69) is 22.5 Å². The summed E-state index contributed by atoms with van der Waals surface area (Å²) in [5.74, 6) is 0. The zero-order valence-corrected chi connectivity index (χ0v) is 8.94. The second-order valence-corrected chi connectivity index (χ2v) is 4.17. The van der Waals surface area contributed by atoms with E-state index in [4.69, 9.17) is 4.52 Å². The van der Waals surface area contributed by atoms with Gasteiger partial charge in [0.05, 0.1) is 0 Å². The van der Waals surface area contributed by atoms with Crippen LogP contribution >= 0.6 is 24.0 Å². The Morgan fingerprint density at radius 1 is 1.64 bits per heavy atom. The van der Waals surface area contributed by atoms with Gasteiger partial charge in [-0.05, 0) is 17.4 Å². The number of hydrogen-bond acceptors (Lipinski definition) is 2. The van der Waals surface area contributed by atoms with Gasteiger partial charge in [0.25, 0.3) is 0 Å². The third-order valence-electron chi connectivity index (χ3n) is 1.06. The maximum absolute atomic E-state index is 10.9. The highest BCUT2D eigenvalue weighted by atomic mass is 79.9. The van der Waals surface area contributed by atoms with Crippen LogP contribution in [0.25, 0.3) is 0 Å². The average Bonchev–Trinajstić information content (AvgIpc) is 2.01. The third kappa shape index (κ3) is 8.18. The van der Waals surface area contributed by atoms with Crippen molar-refractivity contribution >= 4 is 24.0 Å². The summed E-state index contributed by atoms with van der Waals surface area (Å²) in [5, 5.41) is 0.746. The van der Waals surface area contributed by atoms with Gasteiger partial charge >= 0.3 is 8.03 Å². The summed E-state index contributed by atoms with van der Waals surface area (Å²) in [5.41, 5.74) is 0. The van der Waals surface area contributed by atoms with Gasteiger partial charge in [-0.2, -0.15) is 0 Å². The Kier molecular flexibility index (Phi) is 8.59. The SMILES string of the molecule is C=CCCC[P+](=O)OCCBr. The molecule has 0 aromatic rings. The average molecular weight is 240 g/mol. The van der Waals surface area contributed by atoms with E-state index in [1.54, 1.807) is 0 Å². The number of alkyl halides is 1. The predicted molar refractivity (Wildman–Crippen MR) is 51.7 cm³/mol. The maximum Gasteiger partial charge on any atom is 0.508 e. The molecule has 2 nitrogen and oxygen atoms in total. The van der Waals surface area contributed by atoms with E-state index < -0.39 is 8.03 Å². The quantitative estimate of drug-likeness (QED) is 0.296. The molecule has 11 heavy (non-hydrogen) atoms. The molecule has 0 bridgehead atoms. The van der Waals surface area contributed by atoms with Gasteiger partial charge in [-0.3, -0.25) is 0 Å². The fourth-order valence-electron chi connectivity index (χ4n) is 0.566. The number of unbranched alkanes of at least 4 members (excludes halogenated alkanes) is 1. The van der Waals surface area contributed by atoms with Crippen molar-refractivity contribution in [3.8, 4) is 0 Å². The first-order valence-corrected chi connectivity index (χ1v) is 6.04. The Labute approximate surface area is 77.0 Å². The van der Waals surface area contributed by atoms with Gasteiger partial charge in [-0.15, -0.1) is 11.1 Å². The van der Waals surface area contributed by atoms with Crippen molar-refractivity contribution in [2.24, 2.45) is 0 Å². The minimum atomic E-state index is -1.43. The molecule has 1 atom stereocenters. The van der Waals surface area contributed by atoms with Crippen LogP contribution in [0.5, 0.6) is 0 Å². The van der Waals surface area contributed by atoms with Crippen molar-refractivity contribution in [2.45, 2.75) is 12.8 Å². The van der Waals surface area contributed by atoms with Crippen molar-refractivity contribution in [3.05, 3.63) is 12.7 Å². The van der Waals surface area contributed by atoms with E-state index >= 15 is 0 Å². The predicted octanol–water partition coefficient (Wildman–Crippen LogP) is 3.11. The van der Waals surface area contributed by atoms with E-state index in [9.17, 15) is 4.57 Å². The van der Waals surface area contributed by atoms with Gasteiger partial charge in [0.15, 0.2) is 6.16 Å². The number of allylic oxidation sites excluding steroid dienone is 1. The molecule has 64 valence electrons. The lowest BCUT2D eigenvalue weighted by Crippen LogP contribution is -1.88. The molecular formula is C7H13BrO2P+. The Morgan fingerprint density at radius 3 is 2.91 bits per heavy atom. The first-order valence-electron chi connectivity index (χ1n) is 3.55. The van der Waals surface area contributed by atoms with Crippen molar-refractivity contribution < 1.29 is 9.09 Å². The summed E-state index contributed by atoms with van der Waals surface area (Å²) in [6.45, 7) is 4.11. The fourth-order valence-corrected chi connectivity index (χ4v) is 1.84. The molecule has 0 aromatic carbocycles. The lowest BCUT2D eigenvalue weighted by molar-refractivity contribution is 0.354. The van der Waals surface area contributed by atoms with E-state index in [1.807, 2.05) is 6.08 Å². The van der Waals surface area contributed by atoms with Crippen molar-refractivity contribution in [3.63, 3.8) is 0 Å². The zero-order chi connectivity index (χ0) is 8.53. The summed E-state index contributed by atoms with van der Waals surface area (Å²) in [4.78, 5) is 0. The molecule has 0 spiro atoms. The summed E-state index contributed by atoms with van der Waals surface area (Å²) in [7, 11) is -1.43.